The first-order chi connectivity index (χ1) is 10.0. The van der Waals surface area contributed by atoms with Crippen molar-refractivity contribution in [2.24, 2.45) is 7.05 Å². The number of hydrogen-bond donors (Lipinski definition) is 1. The van der Waals surface area contributed by atoms with Crippen molar-refractivity contribution in [1.82, 2.24) is 15.1 Å². The van der Waals surface area contributed by atoms with Gasteiger partial charge in [0.05, 0.1) is 5.69 Å². The molecule has 3 heteroatoms. The summed E-state index contributed by atoms with van der Waals surface area (Å²) >= 11 is 0. The molecule has 1 heterocycles. The van der Waals surface area contributed by atoms with Gasteiger partial charge in [0, 0.05) is 25.2 Å². The molecule has 21 heavy (non-hydrogen) atoms. The molecule has 2 rings (SSSR count). The van der Waals surface area contributed by atoms with Crippen molar-refractivity contribution in [1.29, 1.82) is 0 Å². The van der Waals surface area contributed by atoms with E-state index in [1.54, 1.807) is 0 Å². The Kier molecular flexibility index (Phi) is 5.18. The number of rotatable bonds is 6. The summed E-state index contributed by atoms with van der Waals surface area (Å²) in [4.78, 5) is 0. The van der Waals surface area contributed by atoms with Crippen LogP contribution in [0.2, 0.25) is 0 Å². The molecule has 1 aromatic carbocycles. The van der Waals surface area contributed by atoms with Crippen LogP contribution in [0.3, 0.4) is 0 Å². The van der Waals surface area contributed by atoms with Gasteiger partial charge < -0.3 is 5.32 Å². The van der Waals surface area contributed by atoms with Crippen LogP contribution in [0, 0.1) is 13.8 Å². The van der Waals surface area contributed by atoms with Crippen molar-refractivity contribution in [3.63, 3.8) is 0 Å². The highest BCUT2D eigenvalue weighted by molar-refractivity contribution is 5.31. The molecule has 0 saturated heterocycles. The molecular formula is C18H27N3. The molecule has 0 spiro atoms. The quantitative estimate of drug-likeness (QED) is 0.880. The van der Waals surface area contributed by atoms with Gasteiger partial charge >= 0.3 is 0 Å². The third-order valence-electron chi connectivity index (χ3n) is 3.90. The van der Waals surface area contributed by atoms with Gasteiger partial charge in [-0.05, 0) is 38.4 Å². The Bertz CT molecular complexity index is 578. The Balaban J connectivity index is 2.27. The lowest BCUT2D eigenvalue weighted by atomic mass is 9.97. The molecule has 0 bridgehead atoms. The Hall–Kier alpha value is -1.61. The average Bonchev–Trinajstić information content (AvgIpc) is 2.78. The van der Waals surface area contributed by atoms with E-state index in [4.69, 9.17) is 0 Å². The summed E-state index contributed by atoms with van der Waals surface area (Å²) in [5, 5.41) is 8.18. The highest BCUT2D eigenvalue weighted by Gasteiger charge is 2.15. The SMILES string of the molecule is CCNC(Cc1cc(CC)nn1C)c1cc(C)cc(C)c1. The number of likely N-dealkylation sites (N-methyl/N-ethyl adjacent to an activating group) is 1. The smallest absolute Gasteiger partial charge is 0.0624 e. The number of nitrogens with one attached hydrogen (secondary N) is 1. The molecule has 3 nitrogen and oxygen atoms in total. The van der Waals surface area contributed by atoms with Crippen LogP contribution in [0.15, 0.2) is 24.3 Å². The monoisotopic (exact) mass is 285 g/mol. The van der Waals surface area contributed by atoms with E-state index in [0.717, 1.165) is 19.4 Å². The minimum Gasteiger partial charge on any atom is -0.310 e. The fourth-order valence-electron chi connectivity index (χ4n) is 2.91. The molecule has 114 valence electrons. The third-order valence-corrected chi connectivity index (χ3v) is 3.90. The molecule has 1 N–H and O–H groups in total. The van der Waals surface area contributed by atoms with E-state index in [0.29, 0.717) is 6.04 Å². The summed E-state index contributed by atoms with van der Waals surface area (Å²) < 4.78 is 2.02. The minimum absolute atomic E-state index is 0.341. The van der Waals surface area contributed by atoms with E-state index < -0.39 is 0 Å². The zero-order chi connectivity index (χ0) is 15.4. The van der Waals surface area contributed by atoms with Gasteiger partial charge in [-0.3, -0.25) is 4.68 Å². The Labute approximate surface area is 128 Å². The summed E-state index contributed by atoms with van der Waals surface area (Å²) in [6.45, 7) is 9.61. The fraction of sp³-hybridized carbons (Fsp3) is 0.500. The van der Waals surface area contributed by atoms with Gasteiger partial charge in [-0.2, -0.15) is 5.10 Å². The van der Waals surface area contributed by atoms with Crippen LogP contribution in [0.25, 0.3) is 0 Å². The second kappa shape index (κ2) is 6.90. The van der Waals surface area contributed by atoms with Crippen molar-refractivity contribution >= 4 is 0 Å². The summed E-state index contributed by atoms with van der Waals surface area (Å²) in [5.74, 6) is 0. The molecule has 0 aliphatic carbocycles. The molecule has 2 aromatic rings. The summed E-state index contributed by atoms with van der Waals surface area (Å²) in [6.07, 6.45) is 1.96. The highest BCUT2D eigenvalue weighted by atomic mass is 15.3. The molecule has 0 saturated carbocycles. The topological polar surface area (TPSA) is 29.9 Å². The lowest BCUT2D eigenvalue weighted by Crippen LogP contribution is -2.24. The molecule has 0 aliphatic rings. The molecule has 0 aliphatic heterocycles. The van der Waals surface area contributed by atoms with Crippen LogP contribution in [-0.4, -0.2) is 16.3 Å². The lowest BCUT2D eigenvalue weighted by Gasteiger charge is -2.19. The summed E-state index contributed by atoms with van der Waals surface area (Å²) in [7, 11) is 2.04. The maximum absolute atomic E-state index is 4.56. The second-order valence-corrected chi connectivity index (χ2v) is 5.84. The first-order valence-electron chi connectivity index (χ1n) is 7.86. The van der Waals surface area contributed by atoms with Crippen LogP contribution < -0.4 is 5.32 Å². The van der Waals surface area contributed by atoms with Crippen molar-refractivity contribution in [2.75, 3.05) is 6.54 Å². The Morgan fingerprint density at radius 3 is 2.29 bits per heavy atom. The van der Waals surface area contributed by atoms with Crippen LogP contribution in [0.1, 0.15) is 48.0 Å². The van der Waals surface area contributed by atoms with Crippen LogP contribution >= 0.6 is 0 Å². The molecule has 1 atom stereocenters. The Morgan fingerprint density at radius 2 is 1.76 bits per heavy atom. The van der Waals surface area contributed by atoms with E-state index >= 15 is 0 Å². The minimum atomic E-state index is 0.341. The highest BCUT2D eigenvalue weighted by Crippen LogP contribution is 2.21. The Morgan fingerprint density at radius 1 is 1.10 bits per heavy atom. The van der Waals surface area contributed by atoms with E-state index in [9.17, 15) is 0 Å². The molecule has 0 fully saturated rings. The van der Waals surface area contributed by atoms with Crippen molar-refractivity contribution in [3.05, 3.63) is 52.3 Å². The van der Waals surface area contributed by atoms with E-state index in [1.807, 2.05) is 11.7 Å². The van der Waals surface area contributed by atoms with Gasteiger partial charge in [0.15, 0.2) is 0 Å². The molecule has 0 amide bonds. The first-order valence-corrected chi connectivity index (χ1v) is 7.86. The van der Waals surface area contributed by atoms with Gasteiger partial charge in [0.2, 0.25) is 0 Å². The summed E-state index contributed by atoms with van der Waals surface area (Å²) in [6, 6.07) is 9.38. The molecule has 1 aromatic heterocycles. The van der Waals surface area contributed by atoms with Gasteiger partial charge in [-0.15, -0.1) is 0 Å². The lowest BCUT2D eigenvalue weighted by molar-refractivity contribution is 0.528. The standard InChI is InChI=1S/C18H27N3/c1-6-16-11-17(21(5)20-16)12-18(19-7-2)15-9-13(3)8-14(4)10-15/h8-11,18-19H,6-7,12H2,1-5H3. The first kappa shape index (κ1) is 15.8. The van der Waals surface area contributed by atoms with Crippen LogP contribution in [0.4, 0.5) is 0 Å². The number of hydrogen-bond acceptors (Lipinski definition) is 2. The number of aromatic nitrogens is 2. The maximum Gasteiger partial charge on any atom is 0.0624 e. The summed E-state index contributed by atoms with van der Waals surface area (Å²) in [5.41, 5.74) is 6.48. The van der Waals surface area contributed by atoms with Gasteiger partial charge in [0.1, 0.15) is 0 Å². The van der Waals surface area contributed by atoms with Crippen LogP contribution in [-0.2, 0) is 19.9 Å². The fourth-order valence-corrected chi connectivity index (χ4v) is 2.91. The van der Waals surface area contributed by atoms with Crippen LogP contribution in [0.5, 0.6) is 0 Å². The predicted octanol–water partition coefficient (Wildman–Crippen LogP) is 3.49. The number of benzene rings is 1. The maximum atomic E-state index is 4.56. The zero-order valence-corrected chi connectivity index (χ0v) is 13.9. The van der Waals surface area contributed by atoms with E-state index in [2.05, 4.69) is 62.4 Å². The zero-order valence-electron chi connectivity index (χ0n) is 13.9. The van der Waals surface area contributed by atoms with Crippen molar-refractivity contribution in [3.8, 4) is 0 Å². The molecule has 0 radical (unpaired) electrons. The van der Waals surface area contributed by atoms with Gasteiger partial charge in [-0.25, -0.2) is 0 Å². The second-order valence-electron chi connectivity index (χ2n) is 5.84. The third kappa shape index (κ3) is 3.94. The normalized spacial score (nSPS) is 12.6. The number of aryl methyl sites for hydroxylation is 4. The molecule has 1 unspecified atom stereocenters. The number of nitrogens with zero attached hydrogens (tertiary/aromatic N) is 2. The average molecular weight is 285 g/mol. The van der Waals surface area contributed by atoms with E-state index in [1.165, 1.54) is 28.1 Å². The molecular weight excluding hydrogens is 258 g/mol. The largest absolute Gasteiger partial charge is 0.310 e. The predicted molar refractivity (Wildman–Crippen MR) is 88.6 cm³/mol. The van der Waals surface area contributed by atoms with Crippen molar-refractivity contribution < 1.29 is 0 Å². The van der Waals surface area contributed by atoms with E-state index in [-0.39, 0.29) is 0 Å². The van der Waals surface area contributed by atoms with Crippen molar-refractivity contribution in [2.45, 2.75) is 46.6 Å². The van der Waals surface area contributed by atoms with Gasteiger partial charge in [0.25, 0.3) is 0 Å². The van der Waals surface area contributed by atoms with Gasteiger partial charge in [-0.1, -0.05) is 43.2 Å².